The number of aliphatic hydroxyl groups is 3. The predicted octanol–water partition coefficient (Wildman–Crippen LogP) is -0.209. The molecular formula is C15H20N4O4. The van der Waals surface area contributed by atoms with Gasteiger partial charge in [-0.1, -0.05) is 0 Å². The van der Waals surface area contributed by atoms with Crippen LogP contribution in [0.25, 0.3) is 11.0 Å². The van der Waals surface area contributed by atoms with Crippen molar-refractivity contribution >= 4 is 16.9 Å². The van der Waals surface area contributed by atoms with Crippen molar-refractivity contribution in [1.29, 1.82) is 0 Å². The van der Waals surface area contributed by atoms with Crippen molar-refractivity contribution < 1.29 is 20.1 Å². The average molecular weight is 320 g/mol. The van der Waals surface area contributed by atoms with Gasteiger partial charge in [-0.15, -0.1) is 0 Å². The van der Waals surface area contributed by atoms with E-state index >= 15 is 0 Å². The predicted molar refractivity (Wildman–Crippen MR) is 82.0 cm³/mol. The second-order valence-electron chi connectivity index (χ2n) is 6.39. The second-order valence-corrected chi connectivity index (χ2v) is 6.39. The molecule has 124 valence electrons. The van der Waals surface area contributed by atoms with Gasteiger partial charge in [-0.05, 0) is 25.3 Å². The molecule has 0 bridgehead atoms. The summed E-state index contributed by atoms with van der Waals surface area (Å²) in [4.78, 5) is 8.64. The number of aryl methyl sites for hydroxylation is 1. The Bertz CT molecular complexity index is 744. The zero-order chi connectivity index (χ0) is 16.2. The van der Waals surface area contributed by atoms with Crippen molar-refractivity contribution in [2.75, 3.05) is 18.5 Å². The molecule has 8 heteroatoms. The molecule has 2 aromatic heterocycles. The van der Waals surface area contributed by atoms with Crippen molar-refractivity contribution in [2.45, 2.75) is 43.8 Å². The number of ether oxygens (including phenoxy) is 1. The number of nitrogens with one attached hydrogen (secondary N) is 1. The van der Waals surface area contributed by atoms with Crippen LogP contribution in [0.15, 0.2) is 12.5 Å². The van der Waals surface area contributed by atoms with Crippen LogP contribution >= 0.6 is 0 Å². The topological polar surface area (TPSA) is 113 Å². The molecule has 0 aliphatic carbocycles. The molecule has 0 spiro atoms. The molecule has 8 nitrogen and oxygen atoms in total. The van der Waals surface area contributed by atoms with Gasteiger partial charge in [-0.3, -0.25) is 0 Å². The summed E-state index contributed by atoms with van der Waals surface area (Å²) < 4.78 is 7.45. The highest BCUT2D eigenvalue weighted by molar-refractivity contribution is 5.91. The molecule has 2 aromatic rings. The molecule has 23 heavy (non-hydrogen) atoms. The van der Waals surface area contributed by atoms with E-state index in [9.17, 15) is 15.3 Å². The molecule has 4 heterocycles. The molecule has 4 N–H and O–H groups in total. The number of nitrogens with zero attached hydrogens (tertiary/aromatic N) is 3. The minimum Gasteiger partial charge on any atom is -0.394 e. The average Bonchev–Trinajstić information content (AvgIpc) is 2.90. The van der Waals surface area contributed by atoms with Gasteiger partial charge in [0.05, 0.1) is 12.0 Å². The Morgan fingerprint density at radius 1 is 1.48 bits per heavy atom. The van der Waals surface area contributed by atoms with E-state index in [-0.39, 0.29) is 6.61 Å². The summed E-state index contributed by atoms with van der Waals surface area (Å²) in [6.07, 6.45) is 2.39. The zero-order valence-corrected chi connectivity index (χ0v) is 12.8. The van der Waals surface area contributed by atoms with Crippen LogP contribution in [0.5, 0.6) is 0 Å². The third kappa shape index (κ3) is 2.06. The van der Waals surface area contributed by atoms with Crippen molar-refractivity contribution in [2.24, 2.45) is 0 Å². The van der Waals surface area contributed by atoms with E-state index < -0.39 is 24.0 Å². The maximum absolute atomic E-state index is 10.7. The quantitative estimate of drug-likeness (QED) is 0.605. The highest BCUT2D eigenvalue weighted by atomic mass is 16.6. The van der Waals surface area contributed by atoms with Gasteiger partial charge < -0.3 is 29.9 Å². The maximum atomic E-state index is 10.7. The minimum atomic E-state index is -1.53. The lowest BCUT2D eigenvalue weighted by Crippen LogP contribution is -2.44. The lowest BCUT2D eigenvalue weighted by atomic mass is 9.96. The summed E-state index contributed by atoms with van der Waals surface area (Å²) in [5, 5.41) is 34.5. The molecular weight excluding hydrogens is 300 g/mol. The zero-order valence-electron chi connectivity index (χ0n) is 12.8. The largest absolute Gasteiger partial charge is 0.394 e. The van der Waals surface area contributed by atoms with Crippen molar-refractivity contribution in [3.05, 3.63) is 18.1 Å². The van der Waals surface area contributed by atoms with Crippen LogP contribution < -0.4 is 5.32 Å². The third-order valence-electron chi connectivity index (χ3n) is 4.79. The minimum absolute atomic E-state index is 0.359. The number of hydrogen-bond acceptors (Lipinski definition) is 7. The monoisotopic (exact) mass is 320 g/mol. The first-order valence-electron chi connectivity index (χ1n) is 7.79. The highest BCUT2D eigenvalue weighted by Crippen LogP contribution is 2.41. The molecule has 4 atom stereocenters. The molecule has 0 amide bonds. The maximum Gasteiger partial charge on any atom is 0.167 e. The fourth-order valence-corrected chi connectivity index (χ4v) is 3.54. The van der Waals surface area contributed by atoms with E-state index in [1.54, 1.807) is 4.57 Å². The van der Waals surface area contributed by atoms with E-state index in [1.807, 2.05) is 6.20 Å². The molecule has 1 saturated heterocycles. The van der Waals surface area contributed by atoms with Gasteiger partial charge in [0.1, 0.15) is 35.6 Å². The van der Waals surface area contributed by atoms with Crippen molar-refractivity contribution in [3.8, 4) is 0 Å². The SMILES string of the molecule is C[C@@]1(O)C(n2cc3c4c(ncnc42)NCCC3)OC(CO)[C@H]1O. The fourth-order valence-electron chi connectivity index (χ4n) is 3.54. The van der Waals surface area contributed by atoms with E-state index in [1.165, 1.54) is 13.3 Å². The smallest absolute Gasteiger partial charge is 0.167 e. The summed E-state index contributed by atoms with van der Waals surface area (Å²) in [7, 11) is 0. The Morgan fingerprint density at radius 2 is 2.30 bits per heavy atom. The Morgan fingerprint density at radius 3 is 3.04 bits per heavy atom. The molecule has 2 aliphatic rings. The van der Waals surface area contributed by atoms with Crippen LogP contribution in [0.1, 0.15) is 25.1 Å². The van der Waals surface area contributed by atoms with Crippen LogP contribution in [0.3, 0.4) is 0 Å². The molecule has 0 radical (unpaired) electrons. The molecule has 1 fully saturated rings. The summed E-state index contributed by atoms with van der Waals surface area (Å²) in [5.74, 6) is 0.776. The highest BCUT2D eigenvalue weighted by Gasteiger charge is 2.53. The van der Waals surface area contributed by atoms with E-state index in [2.05, 4.69) is 15.3 Å². The Kier molecular flexibility index (Phi) is 3.31. The van der Waals surface area contributed by atoms with E-state index in [0.29, 0.717) is 5.65 Å². The van der Waals surface area contributed by atoms with Gasteiger partial charge in [0.25, 0.3) is 0 Å². The molecule has 0 aromatic carbocycles. The van der Waals surface area contributed by atoms with E-state index in [4.69, 9.17) is 4.74 Å². The number of hydrogen-bond donors (Lipinski definition) is 4. The first-order valence-corrected chi connectivity index (χ1v) is 7.79. The first kappa shape index (κ1) is 14.8. The fraction of sp³-hybridized carbons (Fsp3) is 0.600. The third-order valence-corrected chi connectivity index (χ3v) is 4.79. The van der Waals surface area contributed by atoms with Gasteiger partial charge in [-0.2, -0.15) is 0 Å². The molecule has 2 aliphatic heterocycles. The standard InChI is InChI=1S/C15H20N4O4/c1-15(22)11(21)9(6-20)23-14(15)19-5-8-3-2-4-16-12-10(8)13(19)18-7-17-12/h5,7,9,11,14,20-22H,2-4,6H2,1H3,(H,16,17,18)/t9?,11-,14?,15+/m1/s1. The van der Waals surface area contributed by atoms with Crippen molar-refractivity contribution in [1.82, 2.24) is 14.5 Å². The van der Waals surface area contributed by atoms with Gasteiger partial charge in [-0.25, -0.2) is 9.97 Å². The second kappa shape index (κ2) is 5.13. The Hall–Kier alpha value is -1.74. The Labute approximate surface area is 132 Å². The van der Waals surface area contributed by atoms with Crippen LogP contribution in [-0.4, -0.2) is 60.8 Å². The molecule has 4 rings (SSSR count). The molecule has 0 saturated carbocycles. The van der Waals surface area contributed by atoms with E-state index in [0.717, 1.165) is 36.2 Å². The van der Waals surface area contributed by atoms with Crippen LogP contribution in [-0.2, 0) is 11.2 Å². The normalized spacial score (nSPS) is 33.7. The van der Waals surface area contributed by atoms with Crippen LogP contribution in [0.4, 0.5) is 5.82 Å². The van der Waals surface area contributed by atoms with Gasteiger partial charge >= 0.3 is 0 Å². The Balaban J connectivity index is 1.87. The summed E-state index contributed by atoms with van der Waals surface area (Å²) >= 11 is 0. The molecule has 2 unspecified atom stereocenters. The number of rotatable bonds is 2. The number of aliphatic hydroxyl groups excluding tert-OH is 2. The number of aromatic nitrogens is 3. The summed E-state index contributed by atoms with van der Waals surface area (Å²) in [5.41, 5.74) is 0.205. The van der Waals surface area contributed by atoms with Crippen molar-refractivity contribution in [3.63, 3.8) is 0 Å². The number of anilines is 1. The summed E-state index contributed by atoms with van der Waals surface area (Å²) in [6, 6.07) is 0. The van der Waals surface area contributed by atoms with Gasteiger partial charge in [0, 0.05) is 12.7 Å². The van der Waals surface area contributed by atoms with Crippen LogP contribution in [0, 0.1) is 0 Å². The van der Waals surface area contributed by atoms with Crippen LogP contribution in [0.2, 0.25) is 0 Å². The summed E-state index contributed by atoms with van der Waals surface area (Å²) in [6.45, 7) is 2.00. The lowest BCUT2D eigenvalue weighted by Gasteiger charge is -2.27. The first-order chi connectivity index (χ1) is 11.0. The van der Waals surface area contributed by atoms with Gasteiger partial charge in [0.2, 0.25) is 0 Å². The van der Waals surface area contributed by atoms with Gasteiger partial charge in [0.15, 0.2) is 6.23 Å². The lowest BCUT2D eigenvalue weighted by molar-refractivity contribution is -0.0948.